The third kappa shape index (κ3) is 3.57. The number of hydrogen-bond acceptors (Lipinski definition) is 6. The molecule has 2 aromatic heterocycles. The summed E-state index contributed by atoms with van der Waals surface area (Å²) in [5.74, 6) is 2.19. The van der Waals surface area contributed by atoms with Gasteiger partial charge in [0, 0.05) is 0 Å². The maximum Gasteiger partial charge on any atom is 0.235 e. The van der Waals surface area contributed by atoms with E-state index >= 15 is 0 Å². The first-order chi connectivity index (χ1) is 12.8. The molecule has 2 heterocycles. The van der Waals surface area contributed by atoms with Crippen molar-refractivity contribution in [2.75, 3.05) is 7.11 Å². The monoisotopic (exact) mass is 364 g/mol. The molecule has 0 N–H and O–H groups in total. The van der Waals surface area contributed by atoms with Crippen LogP contribution in [0.1, 0.15) is 16.4 Å². The topological polar surface area (TPSA) is 61.5 Å². The van der Waals surface area contributed by atoms with Gasteiger partial charge in [0.25, 0.3) is 0 Å². The molecule has 26 heavy (non-hydrogen) atoms. The third-order valence-corrected chi connectivity index (χ3v) is 4.58. The minimum absolute atomic E-state index is 0.291. The summed E-state index contributed by atoms with van der Waals surface area (Å²) < 4.78 is 12.6. The van der Waals surface area contributed by atoms with Crippen LogP contribution in [0.5, 0.6) is 11.5 Å². The van der Waals surface area contributed by atoms with Crippen LogP contribution in [0.4, 0.5) is 0 Å². The summed E-state index contributed by atoms with van der Waals surface area (Å²) in [4.78, 5) is 0.742. The van der Waals surface area contributed by atoms with E-state index in [-0.39, 0.29) is 0 Å². The second kappa shape index (κ2) is 7.37. The van der Waals surface area contributed by atoms with Gasteiger partial charge >= 0.3 is 0 Å². The zero-order chi connectivity index (χ0) is 17.8. The Morgan fingerprint density at radius 3 is 2.50 bits per heavy atom. The summed E-state index contributed by atoms with van der Waals surface area (Å²) >= 11 is 1.48. The van der Waals surface area contributed by atoms with Crippen molar-refractivity contribution in [3.8, 4) is 11.5 Å². The number of benzene rings is 2. The molecule has 0 saturated carbocycles. The molecule has 0 aliphatic rings. The van der Waals surface area contributed by atoms with Crippen LogP contribution in [-0.2, 0) is 6.61 Å². The SMILES string of the molecule is COc1ccc(OCc2nnc3sc(C=Cc4ccccc4)nn23)cc1. The predicted molar refractivity (Wildman–Crippen MR) is 101 cm³/mol. The molecule has 2 aromatic carbocycles. The van der Waals surface area contributed by atoms with Crippen molar-refractivity contribution in [1.29, 1.82) is 0 Å². The van der Waals surface area contributed by atoms with Gasteiger partial charge in [-0.3, -0.25) is 0 Å². The summed E-state index contributed by atoms with van der Waals surface area (Å²) in [6, 6.07) is 17.5. The molecule has 0 saturated heterocycles. The van der Waals surface area contributed by atoms with Crippen LogP contribution >= 0.6 is 11.3 Å². The van der Waals surface area contributed by atoms with E-state index in [0.29, 0.717) is 12.4 Å². The number of hydrogen-bond donors (Lipinski definition) is 0. The van der Waals surface area contributed by atoms with Gasteiger partial charge in [-0.1, -0.05) is 47.7 Å². The van der Waals surface area contributed by atoms with Crippen LogP contribution in [0, 0.1) is 0 Å². The molecule has 0 aliphatic carbocycles. The van der Waals surface area contributed by atoms with Crippen molar-refractivity contribution >= 4 is 28.4 Å². The Balaban J connectivity index is 1.48. The molecule has 0 aliphatic heterocycles. The van der Waals surface area contributed by atoms with Gasteiger partial charge in [-0.2, -0.15) is 9.61 Å². The Bertz CT molecular complexity index is 1020. The first kappa shape index (κ1) is 16.3. The second-order valence-corrected chi connectivity index (χ2v) is 6.45. The van der Waals surface area contributed by atoms with Crippen LogP contribution in [0.3, 0.4) is 0 Å². The fraction of sp³-hybridized carbons (Fsp3) is 0.105. The summed E-state index contributed by atoms with van der Waals surface area (Å²) in [5.41, 5.74) is 1.13. The van der Waals surface area contributed by atoms with Crippen molar-refractivity contribution in [1.82, 2.24) is 19.8 Å². The van der Waals surface area contributed by atoms with E-state index in [1.54, 1.807) is 11.6 Å². The molecule has 130 valence electrons. The van der Waals surface area contributed by atoms with E-state index in [2.05, 4.69) is 15.3 Å². The van der Waals surface area contributed by atoms with Gasteiger partial charge in [0.05, 0.1) is 7.11 Å². The van der Waals surface area contributed by atoms with Crippen molar-refractivity contribution in [3.63, 3.8) is 0 Å². The Morgan fingerprint density at radius 1 is 0.962 bits per heavy atom. The number of rotatable bonds is 6. The molecule has 6 nitrogen and oxygen atoms in total. The molecule has 4 rings (SSSR count). The average molecular weight is 364 g/mol. The lowest BCUT2D eigenvalue weighted by Gasteiger charge is -2.05. The van der Waals surface area contributed by atoms with E-state index in [1.165, 1.54) is 11.3 Å². The maximum absolute atomic E-state index is 5.76. The highest BCUT2D eigenvalue weighted by molar-refractivity contribution is 7.17. The molecule has 0 unspecified atom stereocenters. The van der Waals surface area contributed by atoms with Crippen LogP contribution in [0.2, 0.25) is 0 Å². The summed E-state index contributed by atoms with van der Waals surface area (Å²) in [6.07, 6.45) is 4.00. The fourth-order valence-corrected chi connectivity index (χ4v) is 3.14. The molecule has 0 fully saturated rings. The predicted octanol–water partition coefficient (Wildman–Crippen LogP) is 3.94. The van der Waals surface area contributed by atoms with Gasteiger partial charge in [0.15, 0.2) is 5.82 Å². The lowest BCUT2D eigenvalue weighted by Crippen LogP contribution is -2.02. The highest BCUT2D eigenvalue weighted by Gasteiger charge is 2.11. The molecular weight excluding hydrogens is 348 g/mol. The molecule has 0 spiro atoms. The van der Waals surface area contributed by atoms with E-state index in [4.69, 9.17) is 9.47 Å². The van der Waals surface area contributed by atoms with E-state index < -0.39 is 0 Å². The Morgan fingerprint density at radius 2 is 1.73 bits per heavy atom. The average Bonchev–Trinajstić information content (AvgIpc) is 3.26. The normalized spacial score (nSPS) is 11.3. The summed E-state index contributed by atoms with van der Waals surface area (Å²) in [6.45, 7) is 0.291. The van der Waals surface area contributed by atoms with Crippen molar-refractivity contribution in [3.05, 3.63) is 71.0 Å². The Kier molecular flexibility index (Phi) is 4.61. The fourth-order valence-electron chi connectivity index (χ4n) is 2.38. The largest absolute Gasteiger partial charge is 0.497 e. The lowest BCUT2D eigenvalue weighted by molar-refractivity contribution is 0.292. The van der Waals surface area contributed by atoms with Crippen molar-refractivity contribution in [2.24, 2.45) is 0 Å². The van der Waals surface area contributed by atoms with E-state index in [0.717, 1.165) is 27.0 Å². The van der Waals surface area contributed by atoms with Gasteiger partial charge in [0.1, 0.15) is 23.1 Å². The van der Waals surface area contributed by atoms with Crippen LogP contribution in [0.25, 0.3) is 17.1 Å². The number of aromatic nitrogens is 4. The minimum Gasteiger partial charge on any atom is -0.497 e. The van der Waals surface area contributed by atoms with Gasteiger partial charge in [-0.05, 0) is 35.9 Å². The lowest BCUT2D eigenvalue weighted by atomic mass is 10.2. The molecule has 7 heteroatoms. The minimum atomic E-state index is 0.291. The van der Waals surface area contributed by atoms with Crippen LogP contribution in [-0.4, -0.2) is 26.9 Å². The van der Waals surface area contributed by atoms with Gasteiger partial charge in [-0.25, -0.2) is 0 Å². The Labute approximate surface area is 154 Å². The molecule has 0 amide bonds. The molecule has 4 aromatic rings. The Hall–Kier alpha value is -3.19. The highest BCUT2D eigenvalue weighted by Crippen LogP contribution is 2.20. The zero-order valence-electron chi connectivity index (χ0n) is 14.1. The first-order valence-corrected chi connectivity index (χ1v) is 8.84. The quantitative estimate of drug-likeness (QED) is 0.518. The molecular formula is C19H16N4O2S. The van der Waals surface area contributed by atoms with E-state index in [9.17, 15) is 0 Å². The zero-order valence-corrected chi connectivity index (χ0v) is 14.9. The molecule has 0 radical (unpaired) electrons. The standard InChI is InChI=1S/C19H16N4O2S/c1-24-15-8-10-16(11-9-15)25-13-17-20-21-19-23(17)22-18(26-19)12-7-14-5-3-2-4-6-14/h2-12H,13H2,1H3. The van der Waals surface area contributed by atoms with E-state index in [1.807, 2.05) is 66.7 Å². The van der Waals surface area contributed by atoms with Gasteiger partial charge in [-0.15, -0.1) is 10.2 Å². The van der Waals surface area contributed by atoms with Crippen molar-refractivity contribution < 1.29 is 9.47 Å². The first-order valence-electron chi connectivity index (χ1n) is 8.03. The summed E-state index contributed by atoms with van der Waals surface area (Å²) in [7, 11) is 1.63. The van der Waals surface area contributed by atoms with Gasteiger partial charge < -0.3 is 9.47 Å². The van der Waals surface area contributed by atoms with Crippen LogP contribution in [0.15, 0.2) is 54.6 Å². The molecule has 0 atom stereocenters. The smallest absolute Gasteiger partial charge is 0.235 e. The second-order valence-electron chi connectivity index (χ2n) is 5.46. The number of ether oxygens (including phenoxy) is 2. The number of nitrogens with zero attached hydrogens (tertiary/aromatic N) is 4. The molecule has 0 bridgehead atoms. The van der Waals surface area contributed by atoms with Gasteiger partial charge in [0.2, 0.25) is 4.96 Å². The number of fused-ring (bicyclic) bond motifs is 1. The number of methoxy groups -OCH3 is 1. The van der Waals surface area contributed by atoms with Crippen molar-refractivity contribution in [2.45, 2.75) is 6.61 Å². The highest BCUT2D eigenvalue weighted by atomic mass is 32.1. The van der Waals surface area contributed by atoms with Crippen LogP contribution < -0.4 is 9.47 Å². The maximum atomic E-state index is 5.76. The third-order valence-electron chi connectivity index (χ3n) is 3.72. The summed E-state index contributed by atoms with van der Waals surface area (Å²) in [5, 5.41) is 13.7.